The molecule has 0 saturated heterocycles. The van der Waals surface area contributed by atoms with Crippen LogP contribution in [0.25, 0.3) is 0 Å². The Labute approximate surface area is 137 Å². The van der Waals surface area contributed by atoms with Crippen molar-refractivity contribution in [1.82, 2.24) is 15.1 Å². The van der Waals surface area contributed by atoms with E-state index in [1.54, 1.807) is 30.1 Å². The summed E-state index contributed by atoms with van der Waals surface area (Å²) in [7, 11) is 1.96. The number of carbonyl (C=O) groups is 1. The molecule has 8 heteroatoms. The lowest BCUT2D eigenvalue weighted by molar-refractivity contribution is -0.121. The van der Waals surface area contributed by atoms with Gasteiger partial charge >= 0.3 is 0 Å². The van der Waals surface area contributed by atoms with Gasteiger partial charge in [-0.05, 0) is 39.2 Å². The van der Waals surface area contributed by atoms with Crippen LogP contribution in [0.5, 0.6) is 0 Å². The molecular weight excluding hydrogens is 316 g/mol. The molecule has 2 rings (SSSR count). The van der Waals surface area contributed by atoms with Crippen molar-refractivity contribution in [2.75, 3.05) is 40.8 Å². The van der Waals surface area contributed by atoms with Gasteiger partial charge < -0.3 is 15.1 Å². The van der Waals surface area contributed by atoms with Crippen molar-refractivity contribution >= 4 is 21.8 Å². The molecule has 0 aliphatic carbocycles. The van der Waals surface area contributed by atoms with Crippen LogP contribution in [0.4, 0.5) is 0 Å². The number of sulfonamides is 1. The summed E-state index contributed by atoms with van der Waals surface area (Å²) in [6.07, 6.45) is 0.862. The molecule has 1 amide bonds. The van der Waals surface area contributed by atoms with E-state index in [1.165, 1.54) is 6.07 Å². The van der Waals surface area contributed by atoms with Crippen molar-refractivity contribution < 1.29 is 13.2 Å². The van der Waals surface area contributed by atoms with Crippen molar-refractivity contribution in [3.63, 3.8) is 0 Å². The van der Waals surface area contributed by atoms with Gasteiger partial charge in [-0.25, -0.2) is 0 Å². The first-order valence-corrected chi connectivity index (χ1v) is 8.82. The Morgan fingerprint density at radius 3 is 2.61 bits per heavy atom. The minimum atomic E-state index is -3.66. The number of benzene rings is 1. The predicted octanol–water partition coefficient (Wildman–Crippen LogP) is 0.135. The average Bonchev–Trinajstić information content (AvgIpc) is 2.76. The van der Waals surface area contributed by atoms with Gasteiger partial charge in [0, 0.05) is 19.2 Å². The second kappa shape index (κ2) is 7.10. The molecule has 7 nitrogen and oxygen atoms in total. The van der Waals surface area contributed by atoms with Crippen LogP contribution in [0.3, 0.4) is 0 Å². The molecular formula is C15H22N4O3S. The number of amidine groups is 1. The molecule has 0 atom stereocenters. The highest BCUT2D eigenvalue weighted by Crippen LogP contribution is 2.26. The van der Waals surface area contributed by atoms with E-state index in [0.717, 1.165) is 13.0 Å². The highest BCUT2D eigenvalue weighted by Gasteiger charge is 2.30. The Morgan fingerprint density at radius 2 is 1.91 bits per heavy atom. The first-order chi connectivity index (χ1) is 10.8. The molecule has 1 aliphatic heterocycles. The van der Waals surface area contributed by atoms with Crippen molar-refractivity contribution in [3.05, 3.63) is 29.8 Å². The summed E-state index contributed by atoms with van der Waals surface area (Å²) >= 11 is 0. The summed E-state index contributed by atoms with van der Waals surface area (Å²) in [4.78, 5) is 15.8. The van der Waals surface area contributed by atoms with E-state index in [9.17, 15) is 13.2 Å². The van der Waals surface area contributed by atoms with Crippen LogP contribution in [0, 0.1) is 0 Å². The Hall–Kier alpha value is -1.93. The van der Waals surface area contributed by atoms with Crippen LogP contribution in [0.2, 0.25) is 0 Å². The second-order valence-electron chi connectivity index (χ2n) is 5.75. The van der Waals surface area contributed by atoms with E-state index in [0.29, 0.717) is 17.9 Å². The number of amides is 1. The first-order valence-electron chi connectivity index (χ1n) is 7.38. The van der Waals surface area contributed by atoms with Gasteiger partial charge in [-0.1, -0.05) is 12.1 Å². The molecule has 0 unspecified atom stereocenters. The van der Waals surface area contributed by atoms with E-state index in [1.807, 2.05) is 19.0 Å². The third kappa shape index (κ3) is 4.29. The topological polar surface area (TPSA) is 82.1 Å². The smallest absolute Gasteiger partial charge is 0.285 e. The monoisotopic (exact) mass is 338 g/mol. The third-order valence-electron chi connectivity index (χ3n) is 3.46. The zero-order valence-corrected chi connectivity index (χ0v) is 14.4. The minimum absolute atomic E-state index is 0.0602. The van der Waals surface area contributed by atoms with Crippen LogP contribution >= 0.6 is 0 Å². The largest absolute Gasteiger partial charge is 0.355 e. The van der Waals surface area contributed by atoms with Crippen molar-refractivity contribution in [1.29, 1.82) is 0 Å². The molecule has 0 saturated carbocycles. The molecule has 1 aromatic carbocycles. The van der Waals surface area contributed by atoms with Crippen LogP contribution in [0.1, 0.15) is 12.0 Å². The fraction of sp³-hybridized carbons (Fsp3) is 0.467. The highest BCUT2D eigenvalue weighted by atomic mass is 32.2. The van der Waals surface area contributed by atoms with Crippen LogP contribution < -0.4 is 5.32 Å². The highest BCUT2D eigenvalue weighted by molar-refractivity contribution is 7.90. The molecule has 0 bridgehead atoms. The van der Waals surface area contributed by atoms with Crippen molar-refractivity contribution in [3.8, 4) is 0 Å². The van der Waals surface area contributed by atoms with Gasteiger partial charge in [0.05, 0.1) is 6.54 Å². The molecule has 1 heterocycles. The Morgan fingerprint density at radius 1 is 1.22 bits per heavy atom. The minimum Gasteiger partial charge on any atom is -0.355 e. The van der Waals surface area contributed by atoms with Gasteiger partial charge in [0.1, 0.15) is 4.90 Å². The van der Waals surface area contributed by atoms with Crippen molar-refractivity contribution in [2.24, 2.45) is 4.40 Å². The number of hydrogen-bond donors (Lipinski definition) is 1. The molecule has 0 aromatic heterocycles. The lowest BCUT2D eigenvalue weighted by Gasteiger charge is -2.18. The number of nitrogens with one attached hydrogen (secondary N) is 1. The summed E-state index contributed by atoms with van der Waals surface area (Å²) in [5, 5.41) is 2.83. The third-order valence-corrected chi connectivity index (χ3v) is 4.78. The van der Waals surface area contributed by atoms with E-state index in [4.69, 9.17) is 0 Å². The van der Waals surface area contributed by atoms with Gasteiger partial charge in [0.2, 0.25) is 5.91 Å². The normalized spacial score (nSPS) is 15.2. The average molecular weight is 338 g/mol. The van der Waals surface area contributed by atoms with E-state index < -0.39 is 10.0 Å². The molecule has 23 heavy (non-hydrogen) atoms. The zero-order chi connectivity index (χ0) is 17.0. The molecule has 0 radical (unpaired) electrons. The first kappa shape index (κ1) is 17.4. The Bertz CT molecular complexity index is 713. The predicted molar refractivity (Wildman–Crippen MR) is 89.0 cm³/mol. The van der Waals surface area contributed by atoms with Gasteiger partial charge in [0.15, 0.2) is 5.84 Å². The van der Waals surface area contributed by atoms with Crippen LogP contribution in [0.15, 0.2) is 33.6 Å². The number of hydrogen-bond acceptors (Lipinski definition) is 5. The summed E-state index contributed by atoms with van der Waals surface area (Å²) < 4.78 is 27.8. The summed E-state index contributed by atoms with van der Waals surface area (Å²) in [5.41, 5.74) is 0.537. The Kier molecular flexibility index (Phi) is 5.38. The number of carbonyl (C=O) groups excluding carboxylic acids is 1. The van der Waals surface area contributed by atoms with E-state index in [-0.39, 0.29) is 17.3 Å². The molecule has 1 aromatic rings. The maximum absolute atomic E-state index is 12.0. The molecule has 0 spiro atoms. The SMILES string of the molecule is CN(C)CCCNC(=O)CN(C)C1=NS(=O)(=O)c2ccccc21. The van der Waals surface area contributed by atoms with Crippen molar-refractivity contribution in [2.45, 2.75) is 11.3 Å². The maximum atomic E-state index is 12.0. The van der Waals surface area contributed by atoms with Crippen LogP contribution in [-0.4, -0.2) is 70.7 Å². The zero-order valence-electron chi connectivity index (χ0n) is 13.6. The summed E-state index contributed by atoms with van der Waals surface area (Å²) in [5.74, 6) is 0.153. The summed E-state index contributed by atoms with van der Waals surface area (Å²) in [6, 6.07) is 6.64. The Balaban J connectivity index is 1.97. The van der Waals surface area contributed by atoms with Gasteiger partial charge in [-0.3, -0.25) is 4.79 Å². The molecule has 1 aliphatic rings. The number of nitrogens with zero attached hydrogens (tertiary/aromatic N) is 3. The fourth-order valence-electron chi connectivity index (χ4n) is 2.33. The standard InChI is InChI=1S/C15H22N4O3S/c1-18(2)10-6-9-16-14(20)11-19(3)15-12-7-4-5-8-13(12)23(21,22)17-15/h4-5,7-8H,6,9-11H2,1-3H3,(H,16,20). The fourth-order valence-corrected chi connectivity index (χ4v) is 3.58. The van der Waals surface area contributed by atoms with E-state index >= 15 is 0 Å². The molecule has 0 fully saturated rings. The van der Waals surface area contributed by atoms with E-state index in [2.05, 4.69) is 9.71 Å². The number of rotatable bonds is 6. The molecule has 1 N–H and O–H groups in total. The molecule has 126 valence electrons. The lowest BCUT2D eigenvalue weighted by Crippen LogP contribution is -2.39. The van der Waals surface area contributed by atoms with Gasteiger partial charge in [-0.2, -0.15) is 8.42 Å². The van der Waals surface area contributed by atoms with Gasteiger partial charge in [0.25, 0.3) is 10.0 Å². The van der Waals surface area contributed by atoms with Gasteiger partial charge in [-0.15, -0.1) is 4.40 Å². The number of fused-ring (bicyclic) bond motifs is 1. The lowest BCUT2D eigenvalue weighted by atomic mass is 10.2. The maximum Gasteiger partial charge on any atom is 0.285 e. The second-order valence-corrected chi connectivity index (χ2v) is 7.32. The quantitative estimate of drug-likeness (QED) is 0.746. The number of likely N-dealkylation sites (N-methyl/N-ethyl adjacent to an activating group) is 1. The van der Waals surface area contributed by atoms with Crippen LogP contribution in [-0.2, 0) is 14.8 Å². The summed E-state index contributed by atoms with van der Waals surface area (Å²) in [6.45, 7) is 1.55.